The number of hydrogen-bond donors (Lipinski definition) is 2. The molecule has 0 aromatic carbocycles. The Morgan fingerprint density at radius 1 is 1.16 bits per heavy atom. The van der Waals surface area contributed by atoms with Gasteiger partial charge >= 0.3 is 0 Å². The maximum absolute atomic E-state index is 6.67. The second kappa shape index (κ2) is 7.30. The summed E-state index contributed by atoms with van der Waals surface area (Å²) in [7, 11) is 1.94. The van der Waals surface area contributed by atoms with Crippen molar-refractivity contribution in [2.45, 2.75) is 64.8 Å². The van der Waals surface area contributed by atoms with Crippen LogP contribution in [0.2, 0.25) is 0 Å². The van der Waals surface area contributed by atoms with Crippen LogP contribution in [-0.2, 0) is 7.05 Å². The molecule has 2 bridgehead atoms. The largest absolute Gasteiger partial charge is 0.401 e. The molecule has 3 saturated carbocycles. The molecule has 7 nitrogen and oxygen atoms in total. The van der Waals surface area contributed by atoms with Crippen LogP contribution in [0.4, 0.5) is 5.69 Å². The van der Waals surface area contributed by atoms with Gasteiger partial charge in [0.05, 0.1) is 17.3 Å². The molecule has 32 heavy (non-hydrogen) atoms. The number of fused-ring (bicyclic) bond motifs is 4. The van der Waals surface area contributed by atoms with E-state index in [1.54, 1.807) is 0 Å². The molecule has 4 aliphatic rings. The molecule has 7 heteroatoms. The van der Waals surface area contributed by atoms with Crippen LogP contribution in [0.3, 0.4) is 0 Å². The first-order valence-electron chi connectivity index (χ1n) is 11.9. The van der Waals surface area contributed by atoms with Crippen molar-refractivity contribution in [3.8, 4) is 0 Å². The van der Waals surface area contributed by atoms with Crippen molar-refractivity contribution in [2.24, 2.45) is 34.3 Å². The van der Waals surface area contributed by atoms with Crippen molar-refractivity contribution < 1.29 is 0 Å². The summed E-state index contributed by atoms with van der Waals surface area (Å²) in [6.45, 7) is 8.98. The second-order valence-electron chi connectivity index (χ2n) is 11.3. The molecule has 2 aromatic rings. The van der Waals surface area contributed by atoms with Gasteiger partial charge in [-0.05, 0) is 56.9 Å². The third-order valence-corrected chi connectivity index (χ3v) is 8.31. The lowest BCUT2D eigenvalue weighted by molar-refractivity contribution is 0.0527. The fourth-order valence-corrected chi connectivity index (χ4v) is 5.98. The fourth-order valence-electron chi connectivity index (χ4n) is 5.98. The molecule has 0 radical (unpaired) electrons. The van der Waals surface area contributed by atoms with E-state index in [4.69, 9.17) is 16.5 Å². The van der Waals surface area contributed by atoms with Gasteiger partial charge in [0, 0.05) is 60.8 Å². The van der Waals surface area contributed by atoms with Crippen LogP contribution in [0.5, 0.6) is 0 Å². The van der Waals surface area contributed by atoms with Gasteiger partial charge in [0.1, 0.15) is 0 Å². The third kappa shape index (κ3) is 3.60. The molecule has 3 heterocycles. The van der Waals surface area contributed by atoms with Gasteiger partial charge in [-0.15, -0.1) is 0 Å². The number of aromatic nitrogens is 3. The number of nitrogens with zero attached hydrogens (tertiary/aromatic N) is 5. The zero-order valence-corrected chi connectivity index (χ0v) is 20.0. The zero-order chi connectivity index (χ0) is 22.7. The Labute approximate surface area is 191 Å². The number of rotatable bonds is 4. The molecule has 0 unspecified atom stereocenters. The van der Waals surface area contributed by atoms with Gasteiger partial charge in [0.15, 0.2) is 5.65 Å². The normalized spacial score (nSPS) is 30.1. The number of anilines is 1. The molecule has 6 rings (SSSR count). The minimum absolute atomic E-state index is 0.104. The Balaban J connectivity index is 1.40. The van der Waals surface area contributed by atoms with E-state index >= 15 is 0 Å². The number of nitrogens with two attached hydrogens (primary N) is 2. The van der Waals surface area contributed by atoms with Gasteiger partial charge in [-0.2, -0.15) is 5.10 Å². The molecule has 0 amide bonds. The minimum Gasteiger partial charge on any atom is -0.401 e. The third-order valence-electron chi connectivity index (χ3n) is 8.31. The van der Waals surface area contributed by atoms with Crippen molar-refractivity contribution in [3.05, 3.63) is 29.2 Å². The smallest absolute Gasteiger partial charge is 0.159 e. The van der Waals surface area contributed by atoms with Crippen LogP contribution in [0.15, 0.2) is 28.5 Å². The lowest BCUT2D eigenvalue weighted by atomic mass is 9.57. The molecule has 0 spiro atoms. The maximum Gasteiger partial charge on any atom is 0.159 e. The van der Waals surface area contributed by atoms with Crippen LogP contribution in [0.1, 0.15) is 58.1 Å². The van der Waals surface area contributed by atoms with Crippen molar-refractivity contribution in [1.82, 2.24) is 14.8 Å². The molecule has 3 aliphatic carbocycles. The highest BCUT2D eigenvalue weighted by Crippen LogP contribution is 2.51. The summed E-state index contributed by atoms with van der Waals surface area (Å²) in [5, 5.41) is 5.53. The first-order chi connectivity index (χ1) is 15.1. The lowest BCUT2D eigenvalue weighted by Gasteiger charge is -2.51. The van der Waals surface area contributed by atoms with Crippen LogP contribution in [-0.4, -0.2) is 46.2 Å². The van der Waals surface area contributed by atoms with Crippen LogP contribution in [0.25, 0.3) is 11.0 Å². The summed E-state index contributed by atoms with van der Waals surface area (Å²) in [6, 6.07) is 2.17. The predicted octanol–water partition coefficient (Wildman–Crippen LogP) is 3.46. The van der Waals surface area contributed by atoms with E-state index in [2.05, 4.69) is 41.1 Å². The van der Waals surface area contributed by atoms with E-state index in [1.807, 2.05) is 24.9 Å². The van der Waals surface area contributed by atoms with E-state index in [-0.39, 0.29) is 11.0 Å². The average molecular weight is 436 g/mol. The highest BCUT2D eigenvalue weighted by atomic mass is 15.3. The van der Waals surface area contributed by atoms with Gasteiger partial charge in [0.25, 0.3) is 0 Å². The van der Waals surface area contributed by atoms with E-state index in [1.165, 1.54) is 24.9 Å². The van der Waals surface area contributed by atoms with E-state index in [0.29, 0.717) is 5.41 Å². The van der Waals surface area contributed by atoms with Gasteiger partial charge in [-0.1, -0.05) is 13.8 Å². The first-order valence-corrected chi connectivity index (χ1v) is 11.9. The number of pyridine rings is 1. The average Bonchev–Trinajstić information content (AvgIpc) is 3.12. The number of aliphatic imine (C=N–C) groups is 1. The Hall–Kier alpha value is -2.41. The molecule has 1 aliphatic heterocycles. The Morgan fingerprint density at radius 3 is 2.53 bits per heavy atom. The van der Waals surface area contributed by atoms with Gasteiger partial charge < -0.3 is 16.4 Å². The molecule has 0 saturated heterocycles. The zero-order valence-electron chi connectivity index (χ0n) is 20.0. The summed E-state index contributed by atoms with van der Waals surface area (Å²) in [5.41, 5.74) is 18.6. The van der Waals surface area contributed by atoms with E-state index < -0.39 is 0 Å². The molecule has 2 aromatic heterocycles. The molecular formula is C25H37N7. The molecule has 3 fully saturated rings. The van der Waals surface area contributed by atoms with Crippen molar-refractivity contribution in [3.63, 3.8) is 0 Å². The summed E-state index contributed by atoms with van der Waals surface area (Å²) in [6.07, 6.45) is 11.1. The predicted molar refractivity (Wildman–Crippen MR) is 131 cm³/mol. The summed E-state index contributed by atoms with van der Waals surface area (Å²) < 4.78 is 1.84. The summed E-state index contributed by atoms with van der Waals surface area (Å²) in [4.78, 5) is 12.1. The van der Waals surface area contributed by atoms with Gasteiger partial charge in [-0.3, -0.25) is 9.67 Å². The van der Waals surface area contributed by atoms with Crippen molar-refractivity contribution in [2.75, 3.05) is 24.5 Å². The number of aryl methyl sites for hydroxylation is 2. The lowest BCUT2D eigenvalue weighted by Crippen LogP contribution is -2.52. The Kier molecular flexibility index (Phi) is 4.89. The first kappa shape index (κ1) is 21.4. The fraction of sp³-hybridized carbons (Fsp3) is 0.640. The van der Waals surface area contributed by atoms with Gasteiger partial charge in [-0.25, -0.2) is 4.98 Å². The standard InChI is InChI=1S/C25H37N7/c1-17-11-20(19-13-29-31(4)22(19)30-17)32-14-18(21(26)23(2,3)16-32)12-28-15-24-5-8-25(27,9-6-24)10-7-24/h11-13H,5-10,14-16,26-27H2,1-4H3. The van der Waals surface area contributed by atoms with Crippen molar-refractivity contribution >= 4 is 22.9 Å². The minimum atomic E-state index is -0.140. The molecule has 4 N–H and O–H groups in total. The summed E-state index contributed by atoms with van der Waals surface area (Å²) in [5.74, 6) is 0. The molecule has 0 atom stereocenters. The van der Waals surface area contributed by atoms with Gasteiger partial charge in [0.2, 0.25) is 0 Å². The Bertz CT molecular complexity index is 1080. The van der Waals surface area contributed by atoms with Crippen LogP contribution >= 0.6 is 0 Å². The highest BCUT2D eigenvalue weighted by molar-refractivity contribution is 5.91. The monoisotopic (exact) mass is 435 g/mol. The highest BCUT2D eigenvalue weighted by Gasteiger charge is 2.46. The summed E-state index contributed by atoms with van der Waals surface area (Å²) >= 11 is 0. The molecule has 172 valence electrons. The maximum atomic E-state index is 6.67. The number of hydrogen-bond acceptors (Lipinski definition) is 6. The van der Waals surface area contributed by atoms with E-state index in [9.17, 15) is 0 Å². The topological polar surface area (TPSA) is 98.4 Å². The second-order valence-corrected chi connectivity index (χ2v) is 11.3. The van der Waals surface area contributed by atoms with E-state index in [0.717, 1.165) is 66.9 Å². The Morgan fingerprint density at radius 2 is 1.84 bits per heavy atom. The SMILES string of the molecule is Cc1cc(N2CC(C=NCC34CCC(N)(CC3)CC4)=C(N)C(C)(C)C2)c2cnn(C)c2n1. The van der Waals surface area contributed by atoms with Crippen LogP contribution < -0.4 is 16.4 Å². The molecular weight excluding hydrogens is 398 g/mol. The van der Waals surface area contributed by atoms with Crippen LogP contribution in [0, 0.1) is 17.8 Å². The quantitative estimate of drug-likeness (QED) is 0.717. The van der Waals surface area contributed by atoms with Crippen molar-refractivity contribution in [1.29, 1.82) is 0 Å².